The monoisotopic (exact) mass is 344 g/mol. The van der Waals surface area contributed by atoms with E-state index in [0.29, 0.717) is 29.3 Å². The highest BCUT2D eigenvalue weighted by Gasteiger charge is 2.28. The number of nitrogens with zero attached hydrogens (tertiary/aromatic N) is 4. The zero-order valence-corrected chi connectivity index (χ0v) is 14.3. The van der Waals surface area contributed by atoms with Gasteiger partial charge in [0.25, 0.3) is 0 Å². The third-order valence-electron chi connectivity index (χ3n) is 4.63. The van der Waals surface area contributed by atoms with Crippen molar-refractivity contribution in [1.82, 2.24) is 15.0 Å². The normalized spacial score (nSPS) is 20.9. The van der Waals surface area contributed by atoms with Crippen LogP contribution in [0.15, 0.2) is 30.6 Å². The van der Waals surface area contributed by atoms with Crippen molar-refractivity contribution in [2.45, 2.75) is 31.6 Å². The fourth-order valence-corrected chi connectivity index (χ4v) is 3.34. The molecule has 2 fully saturated rings. The van der Waals surface area contributed by atoms with Gasteiger partial charge >= 0.3 is 0 Å². The fraction of sp³-hybridized carbons (Fsp3) is 0.500. The van der Waals surface area contributed by atoms with E-state index in [2.05, 4.69) is 14.9 Å². The number of halogens is 1. The summed E-state index contributed by atoms with van der Waals surface area (Å²) in [5.74, 6) is 3.62. The maximum Gasteiger partial charge on any atom is 0.232 e. The van der Waals surface area contributed by atoms with E-state index in [1.165, 1.54) is 12.8 Å². The highest BCUT2D eigenvalue weighted by molar-refractivity contribution is 6.31. The third kappa shape index (κ3) is 3.61. The quantitative estimate of drug-likeness (QED) is 0.827. The van der Waals surface area contributed by atoms with Crippen LogP contribution in [0.5, 0.6) is 5.88 Å². The average Bonchev–Trinajstić information content (AvgIpc) is 3.47. The summed E-state index contributed by atoms with van der Waals surface area (Å²) in [4.78, 5) is 15.7. The van der Waals surface area contributed by atoms with Gasteiger partial charge in [-0.15, -0.1) is 0 Å². The first-order valence-corrected chi connectivity index (χ1v) is 8.98. The summed E-state index contributed by atoms with van der Waals surface area (Å²) in [5.41, 5.74) is 0. The predicted molar refractivity (Wildman–Crippen MR) is 93.7 cm³/mol. The van der Waals surface area contributed by atoms with Crippen molar-refractivity contribution in [3.05, 3.63) is 41.4 Å². The second kappa shape index (κ2) is 6.93. The topological polar surface area (TPSA) is 51.1 Å². The van der Waals surface area contributed by atoms with E-state index < -0.39 is 0 Å². The molecule has 5 nitrogen and oxygen atoms in total. The SMILES string of the molecule is Clc1cccnc1OCC1CCCN(c2ccnc(C3CC3)n2)C1. The number of pyridine rings is 1. The van der Waals surface area contributed by atoms with Crippen LogP contribution in [0.1, 0.15) is 37.4 Å². The van der Waals surface area contributed by atoms with Crippen molar-refractivity contribution < 1.29 is 4.74 Å². The molecule has 2 aromatic rings. The molecule has 2 aliphatic rings. The minimum absolute atomic E-state index is 0.455. The molecule has 1 saturated heterocycles. The molecule has 0 radical (unpaired) electrons. The summed E-state index contributed by atoms with van der Waals surface area (Å²) in [6.45, 7) is 2.63. The lowest BCUT2D eigenvalue weighted by Gasteiger charge is -2.33. The Balaban J connectivity index is 1.38. The molecule has 1 atom stereocenters. The van der Waals surface area contributed by atoms with Gasteiger partial charge < -0.3 is 9.64 Å². The number of piperidine rings is 1. The van der Waals surface area contributed by atoms with Gasteiger partial charge in [0.15, 0.2) is 0 Å². The number of aromatic nitrogens is 3. The van der Waals surface area contributed by atoms with Gasteiger partial charge in [0.2, 0.25) is 5.88 Å². The summed E-state index contributed by atoms with van der Waals surface area (Å²) in [5, 5.41) is 0.565. The number of ether oxygens (including phenoxy) is 1. The molecule has 0 N–H and O–H groups in total. The molecule has 0 aromatic carbocycles. The average molecular weight is 345 g/mol. The van der Waals surface area contributed by atoms with Crippen LogP contribution >= 0.6 is 11.6 Å². The Morgan fingerprint density at radius 3 is 2.92 bits per heavy atom. The van der Waals surface area contributed by atoms with Gasteiger partial charge in [-0.2, -0.15) is 0 Å². The maximum atomic E-state index is 6.10. The van der Waals surface area contributed by atoms with Crippen LogP contribution in [-0.2, 0) is 0 Å². The largest absolute Gasteiger partial charge is 0.476 e. The van der Waals surface area contributed by atoms with E-state index in [4.69, 9.17) is 21.3 Å². The first-order valence-electron chi connectivity index (χ1n) is 8.61. The van der Waals surface area contributed by atoms with Crippen LogP contribution < -0.4 is 9.64 Å². The van der Waals surface area contributed by atoms with Crippen LogP contribution in [0.25, 0.3) is 0 Å². The number of rotatable bonds is 5. The van der Waals surface area contributed by atoms with Crippen LogP contribution in [-0.4, -0.2) is 34.6 Å². The lowest BCUT2D eigenvalue weighted by atomic mass is 9.99. The number of hydrogen-bond donors (Lipinski definition) is 0. The second-order valence-corrected chi connectivity index (χ2v) is 7.01. The molecular formula is C18H21ClN4O. The molecule has 0 spiro atoms. The van der Waals surface area contributed by atoms with Crippen LogP contribution in [0.3, 0.4) is 0 Å². The highest BCUT2D eigenvalue weighted by atomic mass is 35.5. The first-order chi connectivity index (χ1) is 11.8. The van der Waals surface area contributed by atoms with E-state index in [0.717, 1.165) is 37.6 Å². The molecule has 1 aliphatic carbocycles. The summed E-state index contributed by atoms with van der Waals surface area (Å²) in [6.07, 6.45) is 8.35. The minimum Gasteiger partial charge on any atom is -0.476 e. The Kier molecular flexibility index (Phi) is 4.52. The molecular weight excluding hydrogens is 324 g/mol. The van der Waals surface area contributed by atoms with Crippen molar-refractivity contribution in [2.24, 2.45) is 5.92 Å². The molecule has 1 unspecified atom stereocenters. The van der Waals surface area contributed by atoms with E-state index in [-0.39, 0.29) is 0 Å². The minimum atomic E-state index is 0.455. The van der Waals surface area contributed by atoms with E-state index in [9.17, 15) is 0 Å². The van der Waals surface area contributed by atoms with Crippen molar-refractivity contribution in [2.75, 3.05) is 24.6 Å². The van der Waals surface area contributed by atoms with Gasteiger partial charge in [-0.25, -0.2) is 15.0 Å². The van der Waals surface area contributed by atoms with E-state index >= 15 is 0 Å². The zero-order chi connectivity index (χ0) is 16.4. The summed E-state index contributed by atoms with van der Waals surface area (Å²) in [7, 11) is 0. The van der Waals surface area contributed by atoms with Gasteiger partial charge in [0.05, 0.1) is 6.61 Å². The smallest absolute Gasteiger partial charge is 0.232 e. The Morgan fingerprint density at radius 2 is 2.08 bits per heavy atom. The maximum absolute atomic E-state index is 6.10. The molecule has 126 valence electrons. The van der Waals surface area contributed by atoms with Gasteiger partial charge in [-0.05, 0) is 43.9 Å². The van der Waals surface area contributed by atoms with Crippen LogP contribution in [0.2, 0.25) is 5.02 Å². The van der Waals surface area contributed by atoms with E-state index in [1.807, 2.05) is 18.3 Å². The molecule has 0 bridgehead atoms. The van der Waals surface area contributed by atoms with Crippen LogP contribution in [0, 0.1) is 5.92 Å². The lowest BCUT2D eigenvalue weighted by molar-refractivity contribution is 0.221. The van der Waals surface area contributed by atoms with Crippen molar-refractivity contribution >= 4 is 17.4 Å². The molecule has 3 heterocycles. The van der Waals surface area contributed by atoms with Crippen LogP contribution in [0.4, 0.5) is 5.82 Å². The van der Waals surface area contributed by atoms with E-state index in [1.54, 1.807) is 12.3 Å². The molecule has 0 amide bonds. The molecule has 4 rings (SSSR count). The Bertz CT molecular complexity index is 707. The predicted octanol–water partition coefficient (Wildman–Crippen LogP) is 3.70. The summed E-state index contributed by atoms with van der Waals surface area (Å²) < 4.78 is 5.83. The second-order valence-electron chi connectivity index (χ2n) is 6.60. The standard InChI is InChI=1S/C18H21ClN4O/c19-15-4-1-8-21-18(15)24-12-13-3-2-10-23(11-13)16-7-9-20-17(22-16)14-5-6-14/h1,4,7-9,13-14H,2-3,5-6,10-12H2. The van der Waals surface area contributed by atoms with Gasteiger partial charge in [-0.1, -0.05) is 11.6 Å². The third-order valence-corrected chi connectivity index (χ3v) is 4.91. The molecule has 6 heteroatoms. The van der Waals surface area contributed by atoms with Crippen molar-refractivity contribution in [3.8, 4) is 5.88 Å². The Hall–Kier alpha value is -1.88. The number of anilines is 1. The summed E-state index contributed by atoms with van der Waals surface area (Å²) in [6, 6.07) is 5.63. The van der Waals surface area contributed by atoms with Gasteiger partial charge in [0, 0.05) is 37.3 Å². The lowest BCUT2D eigenvalue weighted by Crippen LogP contribution is -2.38. The Morgan fingerprint density at radius 1 is 1.17 bits per heavy atom. The zero-order valence-electron chi connectivity index (χ0n) is 13.6. The van der Waals surface area contributed by atoms with Gasteiger partial charge in [0.1, 0.15) is 16.7 Å². The highest BCUT2D eigenvalue weighted by Crippen LogP contribution is 2.38. The number of hydrogen-bond acceptors (Lipinski definition) is 5. The molecule has 1 aliphatic heterocycles. The fourth-order valence-electron chi connectivity index (χ4n) is 3.16. The van der Waals surface area contributed by atoms with Crippen molar-refractivity contribution in [1.29, 1.82) is 0 Å². The Labute approximate surface area is 147 Å². The summed E-state index contributed by atoms with van der Waals surface area (Å²) >= 11 is 6.10. The molecule has 1 saturated carbocycles. The van der Waals surface area contributed by atoms with Gasteiger partial charge in [-0.3, -0.25) is 0 Å². The molecule has 24 heavy (non-hydrogen) atoms. The molecule has 2 aromatic heterocycles. The van der Waals surface area contributed by atoms with Crippen molar-refractivity contribution in [3.63, 3.8) is 0 Å². The first kappa shape index (κ1) is 15.6.